The van der Waals surface area contributed by atoms with E-state index in [2.05, 4.69) is 42.3 Å². The van der Waals surface area contributed by atoms with Crippen LogP contribution in [0.15, 0.2) is 30.7 Å². The van der Waals surface area contributed by atoms with Crippen molar-refractivity contribution in [3.8, 4) is 5.75 Å². The number of carbonyl (C=O) groups excluding carboxylic acids is 1. The van der Waals surface area contributed by atoms with E-state index in [9.17, 15) is 4.79 Å². The first-order chi connectivity index (χ1) is 17.1. The van der Waals surface area contributed by atoms with E-state index in [0.29, 0.717) is 11.5 Å². The Morgan fingerprint density at radius 3 is 2.63 bits per heavy atom. The summed E-state index contributed by atoms with van der Waals surface area (Å²) >= 11 is 0. The molecule has 5 rings (SSSR count). The zero-order valence-corrected chi connectivity index (χ0v) is 20.4. The highest BCUT2D eigenvalue weighted by Crippen LogP contribution is 2.34. The summed E-state index contributed by atoms with van der Waals surface area (Å²) in [5.41, 5.74) is 4.03. The molecule has 0 unspecified atom stereocenters. The molecule has 9 heteroatoms. The van der Waals surface area contributed by atoms with Gasteiger partial charge in [-0.1, -0.05) is 0 Å². The Morgan fingerprint density at radius 1 is 1.11 bits per heavy atom. The van der Waals surface area contributed by atoms with E-state index in [-0.39, 0.29) is 12.0 Å². The molecule has 1 N–H and O–H groups in total. The number of benzene rings is 1. The quantitative estimate of drug-likeness (QED) is 0.579. The van der Waals surface area contributed by atoms with Crippen molar-refractivity contribution < 1.29 is 14.3 Å². The summed E-state index contributed by atoms with van der Waals surface area (Å²) in [6.07, 6.45) is 10.1. The van der Waals surface area contributed by atoms with Crippen LogP contribution in [0.5, 0.6) is 5.75 Å². The molecule has 0 atom stereocenters. The molecule has 0 radical (unpaired) electrons. The second-order valence-electron chi connectivity index (χ2n) is 9.30. The largest absolute Gasteiger partial charge is 0.488 e. The number of aryl methyl sites for hydroxylation is 1. The highest BCUT2D eigenvalue weighted by Gasteiger charge is 2.25. The molecular weight excluding hydrogens is 444 g/mol. The first-order valence-corrected chi connectivity index (χ1v) is 12.4. The van der Waals surface area contributed by atoms with Crippen LogP contribution in [0.3, 0.4) is 0 Å². The number of hydrogen-bond donors (Lipinski definition) is 1. The molecule has 2 aromatic heterocycles. The van der Waals surface area contributed by atoms with E-state index in [4.69, 9.17) is 9.47 Å². The maximum atomic E-state index is 11.9. The van der Waals surface area contributed by atoms with Gasteiger partial charge in [0.25, 0.3) is 5.91 Å². The van der Waals surface area contributed by atoms with Crippen molar-refractivity contribution in [3.05, 3.63) is 47.8 Å². The van der Waals surface area contributed by atoms with Gasteiger partial charge in [-0.05, 0) is 44.6 Å². The summed E-state index contributed by atoms with van der Waals surface area (Å²) in [6, 6.07) is 4.20. The number of hydrogen-bond acceptors (Lipinski definition) is 8. The molecule has 1 saturated heterocycles. The smallest absolute Gasteiger partial charge is 0.254 e. The van der Waals surface area contributed by atoms with Crippen molar-refractivity contribution in [1.82, 2.24) is 25.3 Å². The molecule has 35 heavy (non-hydrogen) atoms. The lowest BCUT2D eigenvalue weighted by Gasteiger charge is -2.31. The van der Waals surface area contributed by atoms with Crippen LogP contribution >= 0.6 is 0 Å². The number of rotatable bonds is 6. The van der Waals surface area contributed by atoms with Crippen molar-refractivity contribution in [2.45, 2.75) is 45.1 Å². The van der Waals surface area contributed by atoms with Crippen LogP contribution < -0.4 is 15.0 Å². The molecule has 1 aliphatic carbocycles. The van der Waals surface area contributed by atoms with E-state index in [1.54, 1.807) is 25.6 Å². The van der Waals surface area contributed by atoms with Crippen molar-refractivity contribution in [1.29, 1.82) is 0 Å². The minimum absolute atomic E-state index is 0.148. The number of nitrogens with one attached hydrogen (secondary N) is 1. The van der Waals surface area contributed by atoms with Crippen LogP contribution in [0.4, 0.5) is 5.69 Å². The molecule has 9 nitrogen and oxygen atoms in total. The van der Waals surface area contributed by atoms with Crippen LogP contribution in [0.2, 0.25) is 0 Å². The summed E-state index contributed by atoms with van der Waals surface area (Å²) in [6.45, 7) is 5.05. The highest BCUT2D eigenvalue weighted by molar-refractivity contribution is 5.94. The minimum atomic E-state index is -0.151. The Labute approximate surface area is 205 Å². The average Bonchev–Trinajstić information content (AvgIpc) is 2.90. The predicted molar refractivity (Wildman–Crippen MR) is 133 cm³/mol. The van der Waals surface area contributed by atoms with Crippen LogP contribution in [-0.2, 0) is 11.2 Å². The Bertz CT molecular complexity index is 1190. The second-order valence-corrected chi connectivity index (χ2v) is 9.30. The van der Waals surface area contributed by atoms with Gasteiger partial charge >= 0.3 is 0 Å². The summed E-state index contributed by atoms with van der Waals surface area (Å²) < 4.78 is 12.0. The fraction of sp³-hybridized carbons (Fsp3) is 0.500. The minimum Gasteiger partial charge on any atom is -0.488 e. The Kier molecular flexibility index (Phi) is 7.03. The van der Waals surface area contributed by atoms with E-state index in [1.807, 2.05) is 6.92 Å². The molecular formula is C26H32N6O3. The average molecular weight is 477 g/mol. The molecule has 1 aliphatic heterocycles. The van der Waals surface area contributed by atoms with Crippen LogP contribution in [0.25, 0.3) is 11.0 Å². The molecule has 2 fully saturated rings. The van der Waals surface area contributed by atoms with E-state index < -0.39 is 0 Å². The van der Waals surface area contributed by atoms with Crippen molar-refractivity contribution in [3.63, 3.8) is 0 Å². The number of ether oxygens (including phenoxy) is 2. The monoisotopic (exact) mass is 476 g/mol. The first kappa shape index (κ1) is 23.4. The second kappa shape index (κ2) is 10.5. The van der Waals surface area contributed by atoms with Gasteiger partial charge in [0, 0.05) is 56.9 Å². The summed E-state index contributed by atoms with van der Waals surface area (Å²) in [4.78, 5) is 32.3. The van der Waals surface area contributed by atoms with Gasteiger partial charge in [0.15, 0.2) is 0 Å². The van der Waals surface area contributed by atoms with Crippen LogP contribution in [-0.4, -0.2) is 65.3 Å². The maximum absolute atomic E-state index is 11.9. The van der Waals surface area contributed by atoms with Gasteiger partial charge in [-0.15, -0.1) is 0 Å². The standard InChI is InChI=1S/C26H32N6O3/c1-17-21(26(33)27-2)16-30-24(31-17)13-18-3-5-20(6-4-18)35-23-15-19(32-9-11-34-12-10-32)14-22-25(23)29-8-7-28-22/h7-8,14-16,18,20H,3-6,9-13H2,1-2H3,(H,27,33). The van der Waals surface area contributed by atoms with Gasteiger partial charge in [-0.3, -0.25) is 9.78 Å². The van der Waals surface area contributed by atoms with Crippen molar-refractivity contribution in [2.24, 2.45) is 5.92 Å². The molecule has 2 aliphatic rings. The highest BCUT2D eigenvalue weighted by atomic mass is 16.5. The molecule has 184 valence electrons. The number of fused-ring (bicyclic) bond motifs is 1. The maximum Gasteiger partial charge on any atom is 0.254 e. The molecule has 1 amide bonds. The van der Waals surface area contributed by atoms with Crippen molar-refractivity contribution in [2.75, 3.05) is 38.3 Å². The lowest BCUT2D eigenvalue weighted by Crippen LogP contribution is -2.36. The topological polar surface area (TPSA) is 102 Å². The Hall–Kier alpha value is -3.33. The fourth-order valence-electron chi connectivity index (χ4n) is 4.99. The summed E-state index contributed by atoms with van der Waals surface area (Å²) in [5.74, 6) is 1.97. The van der Waals surface area contributed by atoms with E-state index in [0.717, 1.165) is 92.4 Å². The molecule has 3 heterocycles. The van der Waals surface area contributed by atoms with Gasteiger partial charge in [-0.2, -0.15) is 0 Å². The van der Waals surface area contributed by atoms with Gasteiger partial charge in [0.1, 0.15) is 17.1 Å². The lowest BCUT2D eigenvalue weighted by molar-refractivity contribution is 0.0961. The van der Waals surface area contributed by atoms with Crippen LogP contribution in [0, 0.1) is 12.8 Å². The van der Waals surface area contributed by atoms with Gasteiger partial charge in [0.05, 0.1) is 36.1 Å². The van der Waals surface area contributed by atoms with Gasteiger partial charge in [0.2, 0.25) is 0 Å². The third-order valence-electron chi connectivity index (χ3n) is 6.96. The summed E-state index contributed by atoms with van der Waals surface area (Å²) in [5, 5.41) is 2.63. The molecule has 1 aromatic carbocycles. The number of aromatic nitrogens is 4. The molecule has 3 aromatic rings. The molecule has 1 saturated carbocycles. The number of morpholine rings is 1. The number of nitrogens with zero attached hydrogens (tertiary/aromatic N) is 5. The SMILES string of the molecule is CNC(=O)c1cnc(CC2CCC(Oc3cc(N4CCOCC4)cc4nccnc34)CC2)nc1C. The van der Waals surface area contributed by atoms with Crippen molar-refractivity contribution >= 4 is 22.6 Å². The van der Waals surface area contributed by atoms with E-state index >= 15 is 0 Å². The zero-order chi connectivity index (χ0) is 24.2. The van der Waals surface area contributed by atoms with E-state index in [1.165, 1.54) is 0 Å². The fourth-order valence-corrected chi connectivity index (χ4v) is 4.99. The third-order valence-corrected chi connectivity index (χ3v) is 6.96. The zero-order valence-electron chi connectivity index (χ0n) is 20.4. The van der Waals surface area contributed by atoms with Gasteiger partial charge in [-0.25, -0.2) is 15.0 Å². The number of amides is 1. The Morgan fingerprint density at radius 2 is 1.89 bits per heavy atom. The normalized spacial score (nSPS) is 20.6. The predicted octanol–water partition coefficient (Wildman–Crippen LogP) is 3.10. The first-order valence-electron chi connectivity index (χ1n) is 12.4. The lowest BCUT2D eigenvalue weighted by atomic mass is 9.85. The molecule has 0 bridgehead atoms. The number of anilines is 1. The number of carbonyl (C=O) groups is 1. The van der Waals surface area contributed by atoms with Crippen LogP contribution in [0.1, 0.15) is 47.6 Å². The van der Waals surface area contributed by atoms with Gasteiger partial charge < -0.3 is 19.7 Å². The summed E-state index contributed by atoms with van der Waals surface area (Å²) in [7, 11) is 1.62. The molecule has 0 spiro atoms. The Balaban J connectivity index is 1.24. The third kappa shape index (κ3) is 5.35.